The molecule has 0 saturated carbocycles. The van der Waals surface area contributed by atoms with Crippen LogP contribution in [-0.2, 0) is 11.2 Å². The smallest absolute Gasteiger partial charge is 0.426 e. The van der Waals surface area contributed by atoms with Crippen molar-refractivity contribution in [3.8, 4) is 0 Å². The number of carbonyl (C=O) groups excluding carboxylic acids is 2. The summed E-state index contributed by atoms with van der Waals surface area (Å²) in [4.78, 5) is 26.5. The van der Waals surface area contributed by atoms with Crippen LogP contribution in [0.2, 0.25) is 0 Å². The van der Waals surface area contributed by atoms with Crippen LogP contribution >= 0.6 is 0 Å². The molecule has 0 fully saturated rings. The topological polar surface area (TPSA) is 89.9 Å². The summed E-state index contributed by atoms with van der Waals surface area (Å²) >= 11 is 0. The number of rotatable bonds is 9. The number of hydrogen-bond acceptors (Lipinski definition) is 4. The van der Waals surface area contributed by atoms with Crippen LogP contribution < -0.4 is 5.32 Å². The van der Waals surface area contributed by atoms with Crippen molar-refractivity contribution >= 4 is 18.9 Å². The van der Waals surface area contributed by atoms with Crippen molar-refractivity contribution in [3.05, 3.63) is 71.3 Å². The number of carbonyl (C=O) groups is 2. The van der Waals surface area contributed by atoms with Gasteiger partial charge < -0.3 is 20.3 Å². The average Bonchev–Trinajstić information content (AvgIpc) is 2.68. The maximum Gasteiger partial charge on any atom is 0.475 e. The first-order valence-electron chi connectivity index (χ1n) is 9.46. The lowest BCUT2D eigenvalue weighted by Gasteiger charge is -2.22. The second-order valence-electron chi connectivity index (χ2n) is 6.78. The molecule has 7 heteroatoms. The first-order chi connectivity index (χ1) is 13.4. The molecule has 2 amide bonds. The molecule has 28 heavy (non-hydrogen) atoms. The average molecular weight is 382 g/mol. The van der Waals surface area contributed by atoms with Crippen molar-refractivity contribution in [1.82, 2.24) is 10.2 Å². The summed E-state index contributed by atoms with van der Waals surface area (Å²) in [5.74, 6) is -1.26. The van der Waals surface area contributed by atoms with E-state index in [0.717, 1.165) is 11.1 Å². The zero-order chi connectivity index (χ0) is 20.5. The molecule has 0 aliphatic rings. The summed E-state index contributed by atoms with van der Waals surface area (Å²) in [7, 11) is -1.67. The number of aryl methyl sites for hydroxylation is 1. The van der Waals surface area contributed by atoms with Crippen molar-refractivity contribution in [1.29, 1.82) is 0 Å². The molecule has 0 radical (unpaired) electrons. The summed E-state index contributed by atoms with van der Waals surface area (Å²) in [5.41, 5.74) is 2.49. The summed E-state index contributed by atoms with van der Waals surface area (Å²) in [6, 6.07) is 16.6. The third-order valence-electron chi connectivity index (χ3n) is 4.55. The second kappa shape index (κ2) is 10.6. The third kappa shape index (κ3) is 6.51. The summed E-state index contributed by atoms with van der Waals surface area (Å²) in [6.45, 7) is 4.53. The molecular formula is C21H27BN2O4. The van der Waals surface area contributed by atoms with E-state index in [2.05, 4.69) is 5.32 Å². The van der Waals surface area contributed by atoms with Crippen LogP contribution in [0.25, 0.3) is 0 Å². The van der Waals surface area contributed by atoms with Crippen LogP contribution in [0.1, 0.15) is 34.8 Å². The standard InChI is InChI=1S/C21H27BN2O4/c1-3-24(21(26)18-11-7-8-16(2)14-18)13-12-20(25)23-19(22(27)28)15-17-9-5-4-6-10-17/h4-11,14,19,27-28H,3,12-13,15H2,1-2H3,(H,23,25)/t19-/m0/s1. The van der Waals surface area contributed by atoms with Crippen molar-refractivity contribution in [2.45, 2.75) is 32.6 Å². The lowest BCUT2D eigenvalue weighted by atomic mass is 9.76. The van der Waals surface area contributed by atoms with Crippen LogP contribution in [0.5, 0.6) is 0 Å². The molecular weight excluding hydrogens is 355 g/mol. The van der Waals surface area contributed by atoms with E-state index in [0.29, 0.717) is 18.5 Å². The van der Waals surface area contributed by atoms with E-state index < -0.39 is 13.1 Å². The Kier molecular flexibility index (Phi) is 8.23. The first kappa shape index (κ1) is 21.7. The Labute approximate surface area is 166 Å². The molecule has 0 aliphatic carbocycles. The van der Waals surface area contributed by atoms with Crippen molar-refractivity contribution in [2.24, 2.45) is 0 Å². The maximum atomic E-state index is 12.6. The van der Waals surface area contributed by atoms with Gasteiger partial charge in [-0.05, 0) is 38.0 Å². The highest BCUT2D eigenvalue weighted by atomic mass is 16.4. The van der Waals surface area contributed by atoms with Gasteiger partial charge in [0, 0.05) is 25.1 Å². The molecule has 6 nitrogen and oxygen atoms in total. The van der Waals surface area contributed by atoms with Gasteiger partial charge in [-0.1, -0.05) is 48.0 Å². The highest BCUT2D eigenvalue weighted by Crippen LogP contribution is 2.09. The van der Waals surface area contributed by atoms with E-state index in [-0.39, 0.29) is 24.8 Å². The van der Waals surface area contributed by atoms with E-state index in [9.17, 15) is 19.6 Å². The van der Waals surface area contributed by atoms with Gasteiger partial charge in [0.05, 0.1) is 5.94 Å². The highest BCUT2D eigenvalue weighted by molar-refractivity contribution is 6.43. The molecule has 0 aliphatic heterocycles. The largest absolute Gasteiger partial charge is 0.475 e. The van der Waals surface area contributed by atoms with E-state index in [1.807, 2.05) is 62.4 Å². The highest BCUT2D eigenvalue weighted by Gasteiger charge is 2.26. The van der Waals surface area contributed by atoms with Gasteiger partial charge in [0.2, 0.25) is 5.91 Å². The summed E-state index contributed by atoms with van der Waals surface area (Å²) in [6.07, 6.45) is 0.396. The lowest BCUT2D eigenvalue weighted by Crippen LogP contribution is -2.48. The van der Waals surface area contributed by atoms with E-state index in [1.54, 1.807) is 11.0 Å². The van der Waals surface area contributed by atoms with E-state index in [1.165, 1.54) is 0 Å². The molecule has 2 rings (SSSR count). The second-order valence-corrected chi connectivity index (χ2v) is 6.78. The van der Waals surface area contributed by atoms with Gasteiger partial charge >= 0.3 is 7.12 Å². The van der Waals surface area contributed by atoms with Gasteiger partial charge in [-0.15, -0.1) is 0 Å². The quantitative estimate of drug-likeness (QED) is 0.575. The fourth-order valence-corrected chi connectivity index (χ4v) is 2.98. The SMILES string of the molecule is CCN(CCC(=O)N[C@@H](Cc1ccccc1)B(O)O)C(=O)c1cccc(C)c1. The zero-order valence-electron chi connectivity index (χ0n) is 16.3. The van der Waals surface area contributed by atoms with Gasteiger partial charge in [0.1, 0.15) is 0 Å². The van der Waals surface area contributed by atoms with Crippen molar-refractivity contribution < 1.29 is 19.6 Å². The van der Waals surface area contributed by atoms with Crippen LogP contribution in [0.4, 0.5) is 0 Å². The van der Waals surface area contributed by atoms with Crippen LogP contribution in [-0.4, -0.2) is 52.9 Å². The number of hydrogen-bond donors (Lipinski definition) is 3. The summed E-state index contributed by atoms with van der Waals surface area (Å²) in [5, 5.41) is 21.8. The molecule has 3 N–H and O–H groups in total. The number of amides is 2. The van der Waals surface area contributed by atoms with Gasteiger partial charge in [0.15, 0.2) is 0 Å². The van der Waals surface area contributed by atoms with Gasteiger partial charge in [-0.3, -0.25) is 9.59 Å². The Bertz CT molecular complexity index is 783. The Hall–Kier alpha value is -2.64. The van der Waals surface area contributed by atoms with Crippen LogP contribution in [0, 0.1) is 6.92 Å². The third-order valence-corrected chi connectivity index (χ3v) is 4.55. The fourth-order valence-electron chi connectivity index (χ4n) is 2.98. The monoisotopic (exact) mass is 382 g/mol. The number of nitrogens with one attached hydrogen (secondary N) is 1. The molecule has 2 aromatic carbocycles. The maximum absolute atomic E-state index is 12.6. The minimum atomic E-state index is -1.67. The number of benzene rings is 2. The molecule has 0 unspecified atom stereocenters. The normalized spacial score (nSPS) is 11.6. The number of nitrogens with zero attached hydrogens (tertiary/aromatic N) is 1. The van der Waals surface area contributed by atoms with Crippen LogP contribution in [0.3, 0.4) is 0 Å². The molecule has 1 atom stereocenters. The Balaban J connectivity index is 1.92. The molecule has 0 spiro atoms. The molecule has 0 heterocycles. The van der Waals surface area contributed by atoms with E-state index >= 15 is 0 Å². The fraction of sp³-hybridized carbons (Fsp3) is 0.333. The predicted molar refractivity (Wildman–Crippen MR) is 110 cm³/mol. The zero-order valence-corrected chi connectivity index (χ0v) is 16.3. The lowest BCUT2D eigenvalue weighted by molar-refractivity contribution is -0.121. The van der Waals surface area contributed by atoms with Gasteiger partial charge in [-0.2, -0.15) is 0 Å². The van der Waals surface area contributed by atoms with Crippen LogP contribution in [0.15, 0.2) is 54.6 Å². The molecule has 0 aromatic heterocycles. The molecule has 148 valence electrons. The van der Waals surface area contributed by atoms with E-state index in [4.69, 9.17) is 0 Å². The Morgan fingerprint density at radius 3 is 2.43 bits per heavy atom. The van der Waals surface area contributed by atoms with Gasteiger partial charge in [-0.25, -0.2) is 0 Å². The predicted octanol–water partition coefficient (Wildman–Crippen LogP) is 1.59. The minimum absolute atomic E-state index is 0.0867. The first-order valence-corrected chi connectivity index (χ1v) is 9.46. The molecule has 0 saturated heterocycles. The molecule has 2 aromatic rings. The minimum Gasteiger partial charge on any atom is -0.426 e. The van der Waals surface area contributed by atoms with Crippen molar-refractivity contribution in [2.75, 3.05) is 13.1 Å². The van der Waals surface area contributed by atoms with Gasteiger partial charge in [0.25, 0.3) is 5.91 Å². The molecule has 0 bridgehead atoms. The summed E-state index contributed by atoms with van der Waals surface area (Å²) < 4.78 is 0. The Morgan fingerprint density at radius 1 is 1.11 bits per heavy atom. The van der Waals surface area contributed by atoms with Crippen molar-refractivity contribution in [3.63, 3.8) is 0 Å². The Morgan fingerprint density at radius 2 is 1.82 bits per heavy atom.